The van der Waals surface area contributed by atoms with Gasteiger partial charge in [0.15, 0.2) is 0 Å². The van der Waals surface area contributed by atoms with Gasteiger partial charge in [0.05, 0.1) is 17.7 Å². The zero-order valence-corrected chi connectivity index (χ0v) is 6.41. The van der Waals surface area contributed by atoms with Gasteiger partial charge in [0, 0.05) is 0 Å². The van der Waals surface area contributed by atoms with Gasteiger partial charge in [-0.15, -0.1) is 0 Å². The van der Waals surface area contributed by atoms with Gasteiger partial charge >= 0.3 is 0 Å². The van der Waals surface area contributed by atoms with Crippen LogP contribution in [0.2, 0.25) is 0 Å². The Kier molecular flexibility index (Phi) is 2.11. The third kappa shape index (κ3) is 1.70. The first-order valence-corrected chi connectivity index (χ1v) is 3.34. The number of benzene rings is 1. The molecule has 1 aromatic carbocycles. The summed E-state index contributed by atoms with van der Waals surface area (Å²) in [5.41, 5.74) is 13.2. The third-order valence-corrected chi connectivity index (χ3v) is 1.40. The monoisotopic (exact) mass is 149 g/mol. The molecule has 0 fully saturated rings. The summed E-state index contributed by atoms with van der Waals surface area (Å²) in [4.78, 5) is 3.89. The highest BCUT2D eigenvalue weighted by molar-refractivity contribution is 5.69. The highest BCUT2D eigenvalue weighted by Crippen LogP contribution is 2.21. The molecule has 58 valence electrons. The van der Waals surface area contributed by atoms with E-state index in [-0.39, 0.29) is 0 Å². The van der Waals surface area contributed by atoms with Crippen LogP contribution in [-0.2, 0) is 0 Å². The van der Waals surface area contributed by atoms with Crippen LogP contribution >= 0.6 is 0 Å². The number of nitrogens with two attached hydrogens (primary N) is 2. The Morgan fingerprint density at radius 3 is 2.82 bits per heavy atom. The van der Waals surface area contributed by atoms with Crippen LogP contribution in [0, 0.1) is 6.92 Å². The van der Waals surface area contributed by atoms with E-state index in [0.717, 1.165) is 11.3 Å². The van der Waals surface area contributed by atoms with E-state index in [1.165, 1.54) is 6.34 Å². The number of rotatable bonds is 1. The maximum Gasteiger partial charge on any atom is 0.0879 e. The molecule has 0 atom stereocenters. The van der Waals surface area contributed by atoms with Crippen molar-refractivity contribution in [3.05, 3.63) is 23.8 Å². The molecule has 0 heterocycles. The molecule has 0 aliphatic rings. The van der Waals surface area contributed by atoms with E-state index in [1.807, 2.05) is 25.1 Å². The minimum Gasteiger partial charge on any atom is -0.397 e. The quantitative estimate of drug-likeness (QED) is 0.358. The lowest BCUT2D eigenvalue weighted by Crippen LogP contribution is -1.90. The summed E-state index contributed by atoms with van der Waals surface area (Å²) in [7, 11) is 0. The molecular formula is C8H11N3. The maximum absolute atomic E-state index is 5.61. The van der Waals surface area contributed by atoms with Gasteiger partial charge in [-0.25, -0.2) is 4.99 Å². The Morgan fingerprint density at radius 2 is 2.18 bits per heavy atom. The molecule has 0 aliphatic carbocycles. The molecule has 0 saturated carbocycles. The van der Waals surface area contributed by atoms with E-state index in [4.69, 9.17) is 11.5 Å². The van der Waals surface area contributed by atoms with Crippen LogP contribution < -0.4 is 11.5 Å². The molecule has 0 spiro atoms. The van der Waals surface area contributed by atoms with Crippen LogP contribution in [0.1, 0.15) is 5.56 Å². The standard InChI is InChI=1S/C8H11N3/c1-6-2-3-7(10)8(4-6)11-5-9/h2-5H,10H2,1H3,(H2,9,11). The molecule has 4 N–H and O–H groups in total. The molecule has 0 bridgehead atoms. The lowest BCUT2D eigenvalue weighted by atomic mass is 10.2. The van der Waals surface area contributed by atoms with E-state index in [0.29, 0.717) is 5.69 Å². The van der Waals surface area contributed by atoms with Gasteiger partial charge in [-0.05, 0) is 24.6 Å². The average Bonchev–Trinajstić information content (AvgIpc) is 1.98. The van der Waals surface area contributed by atoms with Crippen LogP contribution in [0.25, 0.3) is 0 Å². The van der Waals surface area contributed by atoms with Crippen molar-refractivity contribution in [2.75, 3.05) is 5.73 Å². The predicted molar refractivity (Wildman–Crippen MR) is 47.9 cm³/mol. The van der Waals surface area contributed by atoms with Crippen LogP contribution in [0.15, 0.2) is 23.2 Å². The number of aryl methyl sites for hydroxylation is 1. The molecule has 3 heteroatoms. The molecule has 0 amide bonds. The lowest BCUT2D eigenvalue weighted by molar-refractivity contribution is 1.43. The fourth-order valence-electron chi connectivity index (χ4n) is 0.846. The van der Waals surface area contributed by atoms with Crippen LogP contribution in [0.4, 0.5) is 11.4 Å². The number of hydrogen-bond donors (Lipinski definition) is 2. The van der Waals surface area contributed by atoms with Crippen molar-refractivity contribution in [2.45, 2.75) is 6.92 Å². The zero-order valence-electron chi connectivity index (χ0n) is 6.41. The summed E-state index contributed by atoms with van der Waals surface area (Å²) in [6, 6.07) is 5.64. The Hall–Kier alpha value is -1.51. The Balaban J connectivity index is 3.12. The van der Waals surface area contributed by atoms with Crippen molar-refractivity contribution in [1.29, 1.82) is 0 Å². The van der Waals surface area contributed by atoms with Gasteiger partial charge in [-0.3, -0.25) is 0 Å². The molecule has 0 saturated heterocycles. The van der Waals surface area contributed by atoms with Gasteiger partial charge in [0.1, 0.15) is 0 Å². The Morgan fingerprint density at radius 1 is 1.45 bits per heavy atom. The molecule has 1 aromatic rings. The molecule has 0 aliphatic heterocycles. The Labute approximate surface area is 65.7 Å². The summed E-state index contributed by atoms with van der Waals surface area (Å²) in [5.74, 6) is 0. The summed E-state index contributed by atoms with van der Waals surface area (Å²) < 4.78 is 0. The van der Waals surface area contributed by atoms with Crippen molar-refractivity contribution in [2.24, 2.45) is 10.7 Å². The fourth-order valence-corrected chi connectivity index (χ4v) is 0.846. The Bertz CT molecular complexity index is 279. The summed E-state index contributed by atoms with van der Waals surface area (Å²) in [6.07, 6.45) is 1.24. The van der Waals surface area contributed by atoms with Crippen LogP contribution in [0.3, 0.4) is 0 Å². The zero-order chi connectivity index (χ0) is 8.27. The number of aliphatic imine (C=N–C) groups is 1. The van der Waals surface area contributed by atoms with Crippen molar-refractivity contribution >= 4 is 17.7 Å². The van der Waals surface area contributed by atoms with Crippen LogP contribution in [-0.4, -0.2) is 6.34 Å². The van der Waals surface area contributed by atoms with E-state index in [1.54, 1.807) is 0 Å². The van der Waals surface area contributed by atoms with E-state index in [9.17, 15) is 0 Å². The van der Waals surface area contributed by atoms with Crippen molar-refractivity contribution in [3.8, 4) is 0 Å². The minimum atomic E-state index is 0.650. The van der Waals surface area contributed by atoms with Gasteiger partial charge in [-0.2, -0.15) is 0 Å². The average molecular weight is 149 g/mol. The first-order valence-electron chi connectivity index (χ1n) is 3.34. The summed E-state index contributed by atoms with van der Waals surface area (Å²) >= 11 is 0. The maximum atomic E-state index is 5.61. The fraction of sp³-hybridized carbons (Fsp3) is 0.125. The lowest BCUT2D eigenvalue weighted by Gasteiger charge is -1.99. The van der Waals surface area contributed by atoms with Gasteiger partial charge < -0.3 is 11.5 Å². The molecule has 0 unspecified atom stereocenters. The van der Waals surface area contributed by atoms with Gasteiger partial charge in [-0.1, -0.05) is 6.07 Å². The molecule has 11 heavy (non-hydrogen) atoms. The second-order valence-electron chi connectivity index (χ2n) is 2.34. The van der Waals surface area contributed by atoms with E-state index < -0.39 is 0 Å². The second kappa shape index (κ2) is 3.05. The SMILES string of the molecule is Cc1ccc(N)c(N=CN)c1. The number of nitrogens with zero attached hydrogens (tertiary/aromatic N) is 1. The van der Waals surface area contributed by atoms with E-state index in [2.05, 4.69) is 4.99 Å². The van der Waals surface area contributed by atoms with E-state index >= 15 is 0 Å². The second-order valence-corrected chi connectivity index (χ2v) is 2.34. The third-order valence-electron chi connectivity index (χ3n) is 1.40. The number of nitrogen functional groups attached to an aromatic ring is 1. The molecule has 3 nitrogen and oxygen atoms in total. The largest absolute Gasteiger partial charge is 0.397 e. The minimum absolute atomic E-state index is 0.650. The van der Waals surface area contributed by atoms with Gasteiger partial charge in [0.2, 0.25) is 0 Å². The number of hydrogen-bond acceptors (Lipinski definition) is 2. The molecule has 0 aromatic heterocycles. The first-order chi connectivity index (χ1) is 5.24. The normalized spacial score (nSPS) is 10.6. The highest BCUT2D eigenvalue weighted by atomic mass is 14.8. The number of anilines is 1. The molecule has 1 rings (SSSR count). The highest BCUT2D eigenvalue weighted by Gasteiger charge is 1.94. The first kappa shape index (κ1) is 7.60. The predicted octanol–water partition coefficient (Wildman–Crippen LogP) is 1.20. The summed E-state index contributed by atoms with van der Waals surface area (Å²) in [6.45, 7) is 1.98. The van der Waals surface area contributed by atoms with Crippen molar-refractivity contribution in [3.63, 3.8) is 0 Å². The topological polar surface area (TPSA) is 64.4 Å². The van der Waals surface area contributed by atoms with Gasteiger partial charge in [0.25, 0.3) is 0 Å². The smallest absolute Gasteiger partial charge is 0.0879 e. The molecule has 0 radical (unpaired) electrons. The van der Waals surface area contributed by atoms with Crippen molar-refractivity contribution < 1.29 is 0 Å². The molecular weight excluding hydrogens is 138 g/mol. The van der Waals surface area contributed by atoms with Crippen molar-refractivity contribution in [1.82, 2.24) is 0 Å². The summed E-state index contributed by atoms with van der Waals surface area (Å²) in [5, 5.41) is 0. The van der Waals surface area contributed by atoms with Crippen LogP contribution in [0.5, 0.6) is 0 Å².